The first-order valence-electron chi connectivity index (χ1n) is 12.9. The van der Waals surface area contributed by atoms with Crippen LogP contribution < -0.4 is 15.5 Å². The van der Waals surface area contributed by atoms with Crippen LogP contribution in [-0.2, 0) is 11.8 Å². The summed E-state index contributed by atoms with van der Waals surface area (Å²) in [6.45, 7) is 4.54. The average Bonchev–Trinajstić information content (AvgIpc) is 3.63. The Hall–Kier alpha value is -4.17. The molecule has 2 aromatic carbocycles. The minimum absolute atomic E-state index is 0.154. The molecule has 8 nitrogen and oxygen atoms in total. The van der Waals surface area contributed by atoms with Gasteiger partial charge in [-0.3, -0.25) is 14.5 Å². The summed E-state index contributed by atoms with van der Waals surface area (Å²) in [6.07, 6.45) is 6.96. The van der Waals surface area contributed by atoms with Gasteiger partial charge in [-0.05, 0) is 80.9 Å². The van der Waals surface area contributed by atoms with Crippen molar-refractivity contribution in [3.05, 3.63) is 84.2 Å². The monoisotopic (exact) mass is 512 g/mol. The topological polar surface area (TPSA) is 82.5 Å². The van der Waals surface area contributed by atoms with Crippen molar-refractivity contribution < 1.29 is 9.59 Å². The largest absolute Gasteiger partial charge is 0.362 e. The maximum absolute atomic E-state index is 12.9. The summed E-state index contributed by atoms with van der Waals surface area (Å²) in [5.41, 5.74) is 5.10. The van der Waals surface area contributed by atoms with Gasteiger partial charge in [0.05, 0.1) is 0 Å². The SMILES string of the molecule is CC(c1ccc(C(=O)Nc2cc(N(C)c3ccc4c(ccn4C)c3)ccn2)cc1)N1CCCC1.CNC=O. The zero-order valence-electron chi connectivity index (χ0n) is 22.5. The Morgan fingerprint density at radius 3 is 2.39 bits per heavy atom. The van der Waals surface area contributed by atoms with Gasteiger partial charge in [-0.2, -0.15) is 0 Å². The number of nitrogens with zero attached hydrogens (tertiary/aromatic N) is 4. The fraction of sp³-hybridized carbons (Fsp3) is 0.300. The van der Waals surface area contributed by atoms with E-state index in [-0.39, 0.29) is 5.91 Å². The minimum atomic E-state index is -0.154. The Morgan fingerprint density at radius 1 is 1.03 bits per heavy atom. The van der Waals surface area contributed by atoms with Gasteiger partial charge >= 0.3 is 0 Å². The molecule has 0 saturated carbocycles. The first-order valence-corrected chi connectivity index (χ1v) is 12.9. The summed E-state index contributed by atoms with van der Waals surface area (Å²) in [7, 11) is 5.63. The number of anilines is 3. The van der Waals surface area contributed by atoms with Crippen LogP contribution in [0, 0.1) is 0 Å². The van der Waals surface area contributed by atoms with Gasteiger partial charge in [0.15, 0.2) is 0 Å². The van der Waals surface area contributed by atoms with Gasteiger partial charge in [0.1, 0.15) is 5.82 Å². The number of aromatic nitrogens is 2. The number of carbonyl (C=O) groups is 2. The predicted octanol–water partition coefficient (Wildman–Crippen LogP) is 5.11. The van der Waals surface area contributed by atoms with E-state index in [0.29, 0.717) is 23.8 Å². The molecule has 1 atom stereocenters. The van der Waals surface area contributed by atoms with Crippen LogP contribution in [0.5, 0.6) is 0 Å². The van der Waals surface area contributed by atoms with E-state index in [4.69, 9.17) is 4.79 Å². The molecule has 38 heavy (non-hydrogen) atoms. The van der Waals surface area contributed by atoms with Crippen molar-refractivity contribution in [2.75, 3.05) is 37.4 Å². The third kappa shape index (κ3) is 6.20. The van der Waals surface area contributed by atoms with Crippen molar-refractivity contribution in [3.8, 4) is 0 Å². The molecule has 2 amide bonds. The number of nitrogens with one attached hydrogen (secondary N) is 2. The first kappa shape index (κ1) is 26.9. The molecule has 1 fully saturated rings. The summed E-state index contributed by atoms with van der Waals surface area (Å²) in [6, 6.07) is 20.7. The Bertz CT molecular complexity index is 1380. The van der Waals surface area contributed by atoms with Gasteiger partial charge in [-0.25, -0.2) is 4.98 Å². The molecule has 1 unspecified atom stereocenters. The van der Waals surface area contributed by atoms with Gasteiger partial charge < -0.3 is 20.1 Å². The highest BCUT2D eigenvalue weighted by Gasteiger charge is 2.19. The van der Waals surface area contributed by atoms with Crippen molar-refractivity contribution in [1.82, 2.24) is 19.8 Å². The van der Waals surface area contributed by atoms with E-state index >= 15 is 0 Å². The lowest BCUT2D eigenvalue weighted by atomic mass is 10.0. The van der Waals surface area contributed by atoms with Gasteiger partial charge in [-0.15, -0.1) is 0 Å². The van der Waals surface area contributed by atoms with E-state index in [0.717, 1.165) is 24.5 Å². The molecule has 198 valence electrons. The summed E-state index contributed by atoms with van der Waals surface area (Å²) < 4.78 is 2.11. The number of aryl methyl sites for hydroxylation is 1. The lowest BCUT2D eigenvalue weighted by Crippen LogP contribution is -2.23. The van der Waals surface area contributed by atoms with Gasteiger partial charge in [0, 0.05) is 73.5 Å². The molecule has 0 bridgehead atoms. The van der Waals surface area contributed by atoms with Crippen molar-refractivity contribution in [2.45, 2.75) is 25.8 Å². The van der Waals surface area contributed by atoms with Gasteiger partial charge in [0.2, 0.25) is 6.41 Å². The van der Waals surface area contributed by atoms with Crippen LogP contribution >= 0.6 is 0 Å². The van der Waals surface area contributed by atoms with Crippen LogP contribution in [-0.4, -0.2) is 54.0 Å². The first-order chi connectivity index (χ1) is 18.4. The molecule has 5 rings (SSSR count). The van der Waals surface area contributed by atoms with Crippen molar-refractivity contribution in [1.29, 1.82) is 0 Å². The fourth-order valence-electron chi connectivity index (χ4n) is 4.76. The minimum Gasteiger partial charge on any atom is -0.362 e. The van der Waals surface area contributed by atoms with Crippen LogP contribution in [0.15, 0.2) is 73.1 Å². The summed E-state index contributed by atoms with van der Waals surface area (Å²) in [5, 5.41) is 6.39. The Labute approximate surface area is 224 Å². The van der Waals surface area contributed by atoms with Crippen LogP contribution in [0.2, 0.25) is 0 Å². The Morgan fingerprint density at radius 2 is 1.71 bits per heavy atom. The number of hydrogen-bond donors (Lipinski definition) is 2. The smallest absolute Gasteiger partial charge is 0.256 e. The third-order valence-corrected chi connectivity index (χ3v) is 7.09. The lowest BCUT2D eigenvalue weighted by Gasteiger charge is -2.24. The lowest BCUT2D eigenvalue weighted by molar-refractivity contribution is -0.109. The molecule has 8 heteroatoms. The molecule has 0 spiro atoms. The van der Waals surface area contributed by atoms with E-state index in [1.165, 1.54) is 29.3 Å². The molecule has 1 saturated heterocycles. The molecule has 4 aromatic rings. The number of carbonyl (C=O) groups excluding carboxylic acids is 2. The van der Waals surface area contributed by atoms with Crippen molar-refractivity contribution in [3.63, 3.8) is 0 Å². The molecule has 1 aliphatic heterocycles. The van der Waals surface area contributed by atoms with E-state index in [2.05, 4.69) is 79.5 Å². The number of fused-ring (bicyclic) bond motifs is 1. The zero-order valence-corrected chi connectivity index (χ0v) is 22.5. The second-order valence-electron chi connectivity index (χ2n) is 9.53. The second-order valence-corrected chi connectivity index (χ2v) is 9.53. The van der Waals surface area contributed by atoms with Crippen LogP contribution in [0.25, 0.3) is 10.9 Å². The highest BCUT2D eigenvalue weighted by Crippen LogP contribution is 2.29. The van der Waals surface area contributed by atoms with Gasteiger partial charge in [0.25, 0.3) is 5.91 Å². The number of likely N-dealkylation sites (tertiary alicyclic amines) is 1. The molecule has 2 aromatic heterocycles. The van der Waals surface area contributed by atoms with Crippen LogP contribution in [0.3, 0.4) is 0 Å². The molecule has 2 N–H and O–H groups in total. The summed E-state index contributed by atoms with van der Waals surface area (Å²) >= 11 is 0. The summed E-state index contributed by atoms with van der Waals surface area (Å²) in [4.78, 5) is 30.9. The van der Waals surface area contributed by atoms with E-state index in [1.54, 1.807) is 13.2 Å². The van der Waals surface area contributed by atoms with Crippen molar-refractivity contribution >= 4 is 40.4 Å². The van der Waals surface area contributed by atoms with Crippen LogP contribution in [0.1, 0.15) is 41.7 Å². The molecular formula is C30H36N6O2. The van der Waals surface area contributed by atoms with E-state index < -0.39 is 0 Å². The predicted molar refractivity (Wildman–Crippen MR) is 154 cm³/mol. The van der Waals surface area contributed by atoms with E-state index in [9.17, 15) is 4.79 Å². The quantitative estimate of drug-likeness (QED) is 0.336. The number of benzene rings is 2. The highest BCUT2D eigenvalue weighted by molar-refractivity contribution is 6.04. The molecule has 0 aliphatic carbocycles. The Balaban J connectivity index is 0.000000786. The highest BCUT2D eigenvalue weighted by atomic mass is 16.1. The third-order valence-electron chi connectivity index (χ3n) is 7.09. The number of amides is 2. The number of rotatable bonds is 7. The van der Waals surface area contributed by atoms with Crippen LogP contribution in [0.4, 0.5) is 17.2 Å². The normalized spacial score (nSPS) is 13.9. The fourth-order valence-corrected chi connectivity index (χ4v) is 4.76. The maximum Gasteiger partial charge on any atom is 0.256 e. The Kier molecular flexibility index (Phi) is 8.76. The standard InChI is InChI=1S/C28H31N5O.C2H5NO/c1-20(33-15-4-5-16-33)21-6-8-22(9-7-21)28(34)30-27-19-25(12-14-29-27)32(3)24-10-11-26-23(18-24)13-17-31(26)2;1-3-2-4/h6-14,17-20H,4-5,15-16H2,1-3H3,(H,29,30,34);2H,1H3,(H,3,4). The average molecular weight is 513 g/mol. The number of pyridine rings is 1. The molecule has 1 aliphatic rings. The molecular weight excluding hydrogens is 476 g/mol. The second kappa shape index (κ2) is 12.4. The summed E-state index contributed by atoms with van der Waals surface area (Å²) in [5.74, 6) is 0.378. The molecule has 0 radical (unpaired) electrons. The maximum atomic E-state index is 12.9. The van der Waals surface area contributed by atoms with Gasteiger partial charge in [-0.1, -0.05) is 12.1 Å². The van der Waals surface area contributed by atoms with E-state index in [1.807, 2.05) is 38.4 Å². The number of hydrogen-bond acceptors (Lipinski definition) is 5. The zero-order chi connectivity index (χ0) is 27.1. The van der Waals surface area contributed by atoms with Crippen molar-refractivity contribution in [2.24, 2.45) is 7.05 Å². The molecule has 3 heterocycles.